The van der Waals surface area contributed by atoms with Crippen LogP contribution in [0.4, 0.5) is 14.5 Å². The Kier molecular flexibility index (Phi) is 4.38. The van der Waals surface area contributed by atoms with Gasteiger partial charge in [0.1, 0.15) is 11.6 Å². The lowest BCUT2D eigenvalue weighted by molar-refractivity contribution is -0.112. The van der Waals surface area contributed by atoms with Crippen LogP contribution in [0.2, 0.25) is 0 Å². The number of anilines is 1. The fraction of sp³-hybridized carbons (Fsp3) is 0.167. The Hall–Kier alpha value is -2.42. The van der Waals surface area contributed by atoms with Crippen LogP contribution in [0, 0.1) is 23.0 Å². The van der Waals surface area contributed by atoms with Gasteiger partial charge in [0, 0.05) is 32.0 Å². The Morgan fingerprint density at radius 2 is 2.06 bits per heavy atom. The Balaban J connectivity index is 2.87. The van der Waals surface area contributed by atoms with Gasteiger partial charge in [0.25, 0.3) is 5.91 Å². The van der Waals surface area contributed by atoms with E-state index in [4.69, 9.17) is 5.26 Å². The van der Waals surface area contributed by atoms with E-state index >= 15 is 0 Å². The van der Waals surface area contributed by atoms with Crippen LogP contribution in [0.3, 0.4) is 0 Å². The molecule has 1 rings (SSSR count). The van der Waals surface area contributed by atoms with E-state index in [-0.39, 0.29) is 11.3 Å². The van der Waals surface area contributed by atoms with Gasteiger partial charge in [-0.05, 0) is 12.1 Å². The zero-order valence-corrected chi connectivity index (χ0v) is 9.87. The van der Waals surface area contributed by atoms with E-state index in [1.54, 1.807) is 20.2 Å². The summed E-state index contributed by atoms with van der Waals surface area (Å²) in [6.07, 6.45) is 1.33. The van der Waals surface area contributed by atoms with Crippen molar-refractivity contribution in [3.63, 3.8) is 0 Å². The molecule has 0 unspecified atom stereocenters. The van der Waals surface area contributed by atoms with Crippen LogP contribution in [0.25, 0.3) is 0 Å². The third-order valence-corrected chi connectivity index (χ3v) is 1.93. The number of hydrogen-bond acceptors (Lipinski definition) is 3. The summed E-state index contributed by atoms with van der Waals surface area (Å²) in [6, 6.07) is 4.67. The molecule has 6 heteroatoms. The van der Waals surface area contributed by atoms with Crippen molar-refractivity contribution in [2.75, 3.05) is 19.4 Å². The quantitative estimate of drug-likeness (QED) is 0.659. The molecule has 18 heavy (non-hydrogen) atoms. The summed E-state index contributed by atoms with van der Waals surface area (Å²) in [5.41, 5.74) is -0.0523. The van der Waals surface area contributed by atoms with Crippen molar-refractivity contribution in [2.45, 2.75) is 0 Å². The number of carbonyl (C=O) groups is 1. The van der Waals surface area contributed by atoms with E-state index in [0.717, 1.165) is 12.1 Å². The Bertz CT molecular complexity index is 533. The van der Waals surface area contributed by atoms with Gasteiger partial charge in [-0.3, -0.25) is 4.79 Å². The molecule has 0 aliphatic heterocycles. The molecule has 94 valence electrons. The molecule has 4 nitrogen and oxygen atoms in total. The number of nitrogens with one attached hydrogen (secondary N) is 1. The van der Waals surface area contributed by atoms with Gasteiger partial charge in [-0.25, -0.2) is 8.78 Å². The Labute approximate surface area is 103 Å². The Morgan fingerprint density at radius 1 is 1.39 bits per heavy atom. The highest BCUT2D eigenvalue weighted by Gasteiger charge is 2.11. The van der Waals surface area contributed by atoms with Crippen LogP contribution in [-0.2, 0) is 4.79 Å². The fourth-order valence-corrected chi connectivity index (χ4v) is 1.17. The number of amides is 1. The molecule has 0 heterocycles. The third kappa shape index (κ3) is 3.56. The highest BCUT2D eigenvalue weighted by atomic mass is 19.2. The first-order chi connectivity index (χ1) is 8.43. The summed E-state index contributed by atoms with van der Waals surface area (Å²) in [6.45, 7) is 0. The number of nitrogens with zero attached hydrogens (tertiary/aromatic N) is 2. The van der Waals surface area contributed by atoms with Gasteiger partial charge in [-0.15, -0.1) is 0 Å². The number of hydrogen-bond donors (Lipinski definition) is 1. The summed E-state index contributed by atoms with van der Waals surface area (Å²) in [5, 5.41) is 11.1. The standard InChI is InChI=1S/C12H11F2N3O/c1-17(2)7-8(6-15)12(18)16-9-3-4-10(13)11(14)5-9/h3-5,7H,1-2H3,(H,16,18). The largest absolute Gasteiger partial charge is 0.382 e. The number of rotatable bonds is 3. The summed E-state index contributed by atoms with van der Waals surface area (Å²) >= 11 is 0. The second-order valence-corrected chi connectivity index (χ2v) is 3.70. The van der Waals surface area contributed by atoms with Gasteiger partial charge >= 0.3 is 0 Å². The average Bonchev–Trinajstić information content (AvgIpc) is 2.30. The number of halogens is 2. The molecule has 0 saturated heterocycles. The van der Waals surface area contributed by atoms with E-state index in [1.165, 1.54) is 17.2 Å². The molecule has 1 amide bonds. The maximum absolute atomic E-state index is 12.9. The lowest BCUT2D eigenvalue weighted by atomic mass is 10.2. The molecule has 0 fully saturated rings. The van der Waals surface area contributed by atoms with E-state index < -0.39 is 17.5 Å². The van der Waals surface area contributed by atoms with Crippen molar-refractivity contribution < 1.29 is 13.6 Å². The molecule has 0 aromatic heterocycles. The molecule has 0 aliphatic carbocycles. The number of benzene rings is 1. The van der Waals surface area contributed by atoms with Crippen molar-refractivity contribution in [2.24, 2.45) is 0 Å². The van der Waals surface area contributed by atoms with Crippen molar-refractivity contribution in [3.8, 4) is 6.07 Å². The minimum absolute atomic E-state index is 0.0822. The highest BCUT2D eigenvalue weighted by molar-refractivity contribution is 6.06. The minimum Gasteiger partial charge on any atom is -0.382 e. The molecule has 1 aromatic carbocycles. The van der Waals surface area contributed by atoms with Crippen LogP contribution >= 0.6 is 0 Å². The maximum atomic E-state index is 12.9. The van der Waals surface area contributed by atoms with Crippen molar-refractivity contribution in [3.05, 3.63) is 41.6 Å². The van der Waals surface area contributed by atoms with Gasteiger partial charge in [0.05, 0.1) is 0 Å². The minimum atomic E-state index is -1.07. The highest BCUT2D eigenvalue weighted by Crippen LogP contribution is 2.13. The predicted octanol–water partition coefficient (Wildman–Crippen LogP) is 1.87. The second kappa shape index (κ2) is 5.77. The predicted molar refractivity (Wildman–Crippen MR) is 62.4 cm³/mol. The second-order valence-electron chi connectivity index (χ2n) is 3.70. The SMILES string of the molecule is CN(C)C=C(C#N)C(=O)Nc1ccc(F)c(F)c1. The van der Waals surface area contributed by atoms with E-state index in [2.05, 4.69) is 5.32 Å². The monoisotopic (exact) mass is 251 g/mol. The van der Waals surface area contributed by atoms with E-state index in [1.807, 2.05) is 0 Å². The molecule has 0 radical (unpaired) electrons. The summed E-state index contributed by atoms with van der Waals surface area (Å²) in [7, 11) is 3.31. The first-order valence-corrected chi connectivity index (χ1v) is 4.99. The lowest BCUT2D eigenvalue weighted by Crippen LogP contribution is -2.16. The molecule has 0 saturated carbocycles. The van der Waals surface area contributed by atoms with E-state index in [0.29, 0.717) is 0 Å². The smallest absolute Gasteiger partial charge is 0.267 e. The molecule has 1 N–H and O–H groups in total. The molecule has 0 spiro atoms. The normalized spacial score (nSPS) is 10.7. The molecule has 0 atom stereocenters. The fourth-order valence-electron chi connectivity index (χ4n) is 1.17. The topological polar surface area (TPSA) is 56.1 Å². The summed E-state index contributed by atoms with van der Waals surface area (Å²) in [5.74, 6) is -2.75. The average molecular weight is 251 g/mol. The van der Waals surface area contributed by atoms with Crippen molar-refractivity contribution >= 4 is 11.6 Å². The maximum Gasteiger partial charge on any atom is 0.267 e. The van der Waals surface area contributed by atoms with Crippen LogP contribution < -0.4 is 5.32 Å². The summed E-state index contributed by atoms with van der Waals surface area (Å²) < 4.78 is 25.6. The van der Waals surface area contributed by atoms with Gasteiger partial charge < -0.3 is 10.2 Å². The molecule has 0 aliphatic rings. The van der Waals surface area contributed by atoms with Crippen molar-refractivity contribution in [1.82, 2.24) is 4.90 Å². The first-order valence-electron chi connectivity index (χ1n) is 4.99. The molecular weight excluding hydrogens is 240 g/mol. The summed E-state index contributed by atoms with van der Waals surface area (Å²) in [4.78, 5) is 13.2. The van der Waals surface area contributed by atoms with Crippen LogP contribution in [0.5, 0.6) is 0 Å². The number of nitriles is 1. The first kappa shape index (κ1) is 13.6. The van der Waals surface area contributed by atoms with Crippen LogP contribution in [0.1, 0.15) is 0 Å². The lowest BCUT2D eigenvalue weighted by Gasteiger charge is -2.07. The van der Waals surface area contributed by atoms with Gasteiger partial charge in [0.15, 0.2) is 11.6 Å². The number of carbonyl (C=O) groups excluding carboxylic acids is 1. The molecular formula is C12H11F2N3O. The third-order valence-electron chi connectivity index (χ3n) is 1.93. The van der Waals surface area contributed by atoms with Crippen molar-refractivity contribution in [1.29, 1.82) is 5.26 Å². The zero-order valence-electron chi connectivity index (χ0n) is 9.87. The van der Waals surface area contributed by atoms with Crippen LogP contribution in [0.15, 0.2) is 30.0 Å². The van der Waals surface area contributed by atoms with Gasteiger partial charge in [-0.1, -0.05) is 0 Å². The van der Waals surface area contributed by atoms with Gasteiger partial charge in [-0.2, -0.15) is 5.26 Å². The van der Waals surface area contributed by atoms with Crippen LogP contribution in [-0.4, -0.2) is 24.9 Å². The zero-order chi connectivity index (χ0) is 13.7. The van der Waals surface area contributed by atoms with E-state index in [9.17, 15) is 13.6 Å². The molecule has 0 bridgehead atoms. The Morgan fingerprint density at radius 3 is 2.56 bits per heavy atom. The molecule has 1 aromatic rings. The van der Waals surface area contributed by atoms with Gasteiger partial charge in [0.2, 0.25) is 0 Å².